The number of hydrogen-bond acceptors (Lipinski definition) is 2. The number of carboxylic acids is 1. The number of carboxylic acid groups (broad SMARTS) is 1. The second-order valence-electron chi connectivity index (χ2n) is 7.12. The van der Waals surface area contributed by atoms with E-state index in [2.05, 4.69) is 34.6 Å². The van der Waals surface area contributed by atoms with Gasteiger partial charge in [-0.2, -0.15) is 0 Å². The molecular weight excluding hydrogens is 240 g/mol. The van der Waals surface area contributed by atoms with Crippen molar-refractivity contribution in [3.8, 4) is 0 Å². The smallest absolute Gasteiger partial charge is 0.312 e. The third-order valence-corrected chi connectivity index (χ3v) is 5.02. The summed E-state index contributed by atoms with van der Waals surface area (Å²) >= 11 is 0. The normalized spacial score (nSPS) is 29.4. The molecule has 0 amide bonds. The minimum atomic E-state index is -0.678. The minimum Gasteiger partial charge on any atom is -0.481 e. The molecule has 0 radical (unpaired) electrons. The molecule has 3 heteroatoms. The van der Waals surface area contributed by atoms with Crippen LogP contribution >= 0.6 is 0 Å². The van der Waals surface area contributed by atoms with E-state index in [9.17, 15) is 9.90 Å². The Morgan fingerprint density at radius 3 is 2.58 bits per heavy atom. The summed E-state index contributed by atoms with van der Waals surface area (Å²) < 4.78 is 5.59. The predicted octanol–water partition coefficient (Wildman–Crippen LogP) is 3.97. The molecule has 3 nitrogen and oxygen atoms in total. The van der Waals surface area contributed by atoms with Crippen molar-refractivity contribution in [2.45, 2.75) is 60.3 Å². The maximum Gasteiger partial charge on any atom is 0.312 e. The van der Waals surface area contributed by atoms with Crippen LogP contribution in [-0.4, -0.2) is 24.3 Å². The molecule has 1 fully saturated rings. The first-order valence-electron chi connectivity index (χ1n) is 7.58. The van der Waals surface area contributed by atoms with E-state index in [4.69, 9.17) is 4.74 Å². The summed E-state index contributed by atoms with van der Waals surface area (Å²) in [6.45, 7) is 11.8. The highest BCUT2D eigenvalue weighted by Crippen LogP contribution is 2.47. The van der Waals surface area contributed by atoms with Gasteiger partial charge in [-0.3, -0.25) is 4.79 Å². The van der Waals surface area contributed by atoms with Crippen LogP contribution in [0.25, 0.3) is 0 Å². The van der Waals surface area contributed by atoms with Gasteiger partial charge in [-0.15, -0.1) is 0 Å². The Morgan fingerprint density at radius 1 is 1.47 bits per heavy atom. The largest absolute Gasteiger partial charge is 0.481 e. The van der Waals surface area contributed by atoms with Crippen molar-refractivity contribution in [3.63, 3.8) is 0 Å². The molecule has 0 saturated carbocycles. The van der Waals surface area contributed by atoms with Gasteiger partial charge in [0.25, 0.3) is 0 Å². The van der Waals surface area contributed by atoms with E-state index in [0.29, 0.717) is 25.6 Å². The van der Waals surface area contributed by atoms with E-state index in [1.165, 1.54) is 0 Å². The van der Waals surface area contributed by atoms with Gasteiger partial charge < -0.3 is 9.84 Å². The molecule has 0 aromatic rings. The van der Waals surface area contributed by atoms with Crippen molar-refractivity contribution >= 4 is 5.97 Å². The molecule has 1 heterocycles. The van der Waals surface area contributed by atoms with E-state index in [1.807, 2.05) is 0 Å². The highest BCUT2D eigenvalue weighted by atomic mass is 16.5. The van der Waals surface area contributed by atoms with Crippen molar-refractivity contribution in [2.24, 2.45) is 22.7 Å². The Bertz CT molecular complexity index is 311. The summed E-state index contributed by atoms with van der Waals surface area (Å²) in [6.07, 6.45) is 3.77. The quantitative estimate of drug-likeness (QED) is 0.761. The molecule has 112 valence electrons. The van der Waals surface area contributed by atoms with Crippen LogP contribution in [-0.2, 0) is 9.53 Å². The first-order valence-corrected chi connectivity index (χ1v) is 7.58. The van der Waals surface area contributed by atoms with Crippen molar-refractivity contribution in [1.29, 1.82) is 0 Å². The Morgan fingerprint density at radius 2 is 2.11 bits per heavy atom. The average Bonchev–Trinajstić information content (AvgIpc) is 2.72. The van der Waals surface area contributed by atoms with Crippen LogP contribution < -0.4 is 0 Å². The molecule has 3 atom stereocenters. The van der Waals surface area contributed by atoms with Gasteiger partial charge in [0.1, 0.15) is 0 Å². The van der Waals surface area contributed by atoms with E-state index in [-0.39, 0.29) is 11.3 Å². The zero-order chi connectivity index (χ0) is 14.7. The van der Waals surface area contributed by atoms with Gasteiger partial charge in [0.15, 0.2) is 0 Å². The monoisotopic (exact) mass is 270 g/mol. The summed E-state index contributed by atoms with van der Waals surface area (Å²) in [4.78, 5) is 11.9. The van der Waals surface area contributed by atoms with E-state index >= 15 is 0 Å². The van der Waals surface area contributed by atoms with Gasteiger partial charge in [-0.05, 0) is 24.2 Å². The van der Waals surface area contributed by atoms with Crippen LogP contribution in [0.1, 0.15) is 60.3 Å². The summed E-state index contributed by atoms with van der Waals surface area (Å²) in [7, 11) is 0. The number of hydrogen-bond donors (Lipinski definition) is 1. The van der Waals surface area contributed by atoms with Crippen LogP contribution in [0.2, 0.25) is 0 Å². The summed E-state index contributed by atoms with van der Waals surface area (Å²) in [5, 5.41) is 9.80. The molecular formula is C16H30O3. The second kappa shape index (κ2) is 6.25. The van der Waals surface area contributed by atoms with Crippen LogP contribution in [0, 0.1) is 22.7 Å². The lowest BCUT2D eigenvalue weighted by Gasteiger charge is -2.37. The fourth-order valence-corrected chi connectivity index (χ4v) is 3.09. The zero-order valence-corrected chi connectivity index (χ0v) is 13.2. The molecule has 3 unspecified atom stereocenters. The highest BCUT2D eigenvalue weighted by molar-refractivity contribution is 5.75. The average molecular weight is 270 g/mol. The third-order valence-electron chi connectivity index (χ3n) is 5.02. The first kappa shape index (κ1) is 16.5. The predicted molar refractivity (Wildman–Crippen MR) is 77.1 cm³/mol. The highest BCUT2D eigenvalue weighted by Gasteiger charge is 2.52. The molecule has 1 aliphatic heterocycles. The van der Waals surface area contributed by atoms with Crippen LogP contribution in [0.4, 0.5) is 0 Å². The lowest BCUT2D eigenvalue weighted by molar-refractivity contribution is -0.154. The Labute approximate surface area is 117 Å². The molecule has 0 spiro atoms. The summed E-state index contributed by atoms with van der Waals surface area (Å²) in [5.74, 6) is 0.0563. The molecule has 1 aliphatic rings. The molecule has 1 N–H and O–H groups in total. The standard InChI is InChI=1S/C16H30O3/c1-6-12(3)8-13-9-19-11-16(13,14(17)18)10-15(4,5)7-2/h12-13H,6-11H2,1-5H3,(H,17,18). The van der Waals surface area contributed by atoms with Crippen molar-refractivity contribution < 1.29 is 14.6 Å². The Balaban J connectivity index is 2.93. The third kappa shape index (κ3) is 3.71. The van der Waals surface area contributed by atoms with Crippen LogP contribution in [0.5, 0.6) is 0 Å². The van der Waals surface area contributed by atoms with Crippen LogP contribution in [0.15, 0.2) is 0 Å². The van der Waals surface area contributed by atoms with Gasteiger partial charge in [-0.1, -0.05) is 47.5 Å². The van der Waals surface area contributed by atoms with Gasteiger partial charge in [0, 0.05) is 5.92 Å². The first-order chi connectivity index (χ1) is 8.77. The van der Waals surface area contributed by atoms with Gasteiger partial charge in [-0.25, -0.2) is 0 Å². The second-order valence-corrected chi connectivity index (χ2v) is 7.12. The number of aliphatic carboxylic acids is 1. The fourth-order valence-electron chi connectivity index (χ4n) is 3.09. The molecule has 1 saturated heterocycles. The van der Waals surface area contributed by atoms with Crippen molar-refractivity contribution in [3.05, 3.63) is 0 Å². The van der Waals surface area contributed by atoms with Crippen molar-refractivity contribution in [2.75, 3.05) is 13.2 Å². The Kier molecular flexibility index (Phi) is 5.43. The topological polar surface area (TPSA) is 46.5 Å². The molecule has 0 aliphatic carbocycles. The minimum absolute atomic E-state index is 0.0553. The molecule has 0 aromatic heterocycles. The molecule has 19 heavy (non-hydrogen) atoms. The number of carbonyl (C=O) groups is 1. The maximum absolute atomic E-state index is 11.9. The van der Waals surface area contributed by atoms with Gasteiger partial charge in [0.05, 0.1) is 18.6 Å². The fraction of sp³-hybridized carbons (Fsp3) is 0.938. The number of rotatable bonds is 7. The van der Waals surface area contributed by atoms with Gasteiger partial charge >= 0.3 is 5.97 Å². The van der Waals surface area contributed by atoms with Crippen molar-refractivity contribution in [1.82, 2.24) is 0 Å². The molecule has 1 rings (SSSR count). The van der Waals surface area contributed by atoms with Gasteiger partial charge in [0.2, 0.25) is 0 Å². The number of ether oxygens (including phenoxy) is 1. The zero-order valence-electron chi connectivity index (χ0n) is 13.2. The van der Waals surface area contributed by atoms with E-state index in [0.717, 1.165) is 19.3 Å². The Hall–Kier alpha value is -0.570. The van der Waals surface area contributed by atoms with E-state index < -0.39 is 11.4 Å². The lowest BCUT2D eigenvalue weighted by Crippen LogP contribution is -2.42. The molecule has 0 bridgehead atoms. The van der Waals surface area contributed by atoms with Crippen LogP contribution in [0.3, 0.4) is 0 Å². The molecule has 0 aromatic carbocycles. The van der Waals surface area contributed by atoms with E-state index in [1.54, 1.807) is 0 Å². The SMILES string of the molecule is CCC(C)CC1COCC1(CC(C)(C)CC)C(=O)O. The lowest BCUT2D eigenvalue weighted by atomic mass is 9.65. The summed E-state index contributed by atoms with van der Waals surface area (Å²) in [5.41, 5.74) is -0.622. The summed E-state index contributed by atoms with van der Waals surface area (Å²) in [6, 6.07) is 0. The maximum atomic E-state index is 11.9.